The number of amides is 1. The van der Waals surface area contributed by atoms with Crippen LogP contribution in [0, 0.1) is 0 Å². The SMILES string of the molecule is O=C1NC(=Nc2ccc(Cl)cc2)S/C1=C/c1ccc(OCc2cccc3ccccc23)c(Br)c1. The Kier molecular flexibility index (Phi) is 6.72. The minimum absolute atomic E-state index is 0.176. The number of nitrogens with zero attached hydrogens (tertiary/aromatic N) is 1. The minimum Gasteiger partial charge on any atom is -0.488 e. The van der Waals surface area contributed by atoms with Gasteiger partial charge in [-0.3, -0.25) is 4.79 Å². The maximum atomic E-state index is 12.4. The third-order valence-electron chi connectivity index (χ3n) is 5.22. The van der Waals surface area contributed by atoms with E-state index in [1.54, 1.807) is 24.3 Å². The Balaban J connectivity index is 1.29. The lowest BCUT2D eigenvalue weighted by Crippen LogP contribution is -2.19. The van der Waals surface area contributed by atoms with Crippen LogP contribution < -0.4 is 10.1 Å². The molecule has 1 fully saturated rings. The first-order valence-electron chi connectivity index (χ1n) is 10.5. The van der Waals surface area contributed by atoms with Gasteiger partial charge in [-0.15, -0.1) is 0 Å². The lowest BCUT2D eigenvalue weighted by atomic mass is 10.1. The average molecular weight is 550 g/mol. The number of fused-ring (bicyclic) bond motifs is 1. The van der Waals surface area contributed by atoms with Gasteiger partial charge in [0.1, 0.15) is 12.4 Å². The van der Waals surface area contributed by atoms with E-state index in [1.807, 2.05) is 42.5 Å². The fourth-order valence-corrected chi connectivity index (χ4v) is 5.04. The topological polar surface area (TPSA) is 50.7 Å². The van der Waals surface area contributed by atoms with Gasteiger partial charge in [0, 0.05) is 5.02 Å². The van der Waals surface area contributed by atoms with Gasteiger partial charge >= 0.3 is 0 Å². The summed E-state index contributed by atoms with van der Waals surface area (Å²) in [6, 6.07) is 27.4. The van der Waals surface area contributed by atoms with Crippen molar-refractivity contribution in [2.24, 2.45) is 4.99 Å². The van der Waals surface area contributed by atoms with Crippen molar-refractivity contribution in [1.29, 1.82) is 0 Å². The number of hydrogen-bond donors (Lipinski definition) is 1. The fourth-order valence-electron chi connectivity index (χ4n) is 3.56. The highest BCUT2D eigenvalue weighted by Crippen LogP contribution is 2.32. The first kappa shape index (κ1) is 22.7. The maximum absolute atomic E-state index is 12.4. The van der Waals surface area contributed by atoms with Gasteiger partial charge in [0.25, 0.3) is 5.91 Å². The van der Waals surface area contributed by atoms with Gasteiger partial charge in [0.2, 0.25) is 0 Å². The zero-order chi connectivity index (χ0) is 23.5. The van der Waals surface area contributed by atoms with Crippen molar-refractivity contribution in [2.45, 2.75) is 6.61 Å². The Morgan fingerprint density at radius 1 is 1.00 bits per heavy atom. The Morgan fingerprint density at radius 2 is 1.79 bits per heavy atom. The molecule has 0 saturated carbocycles. The number of benzene rings is 4. The number of aliphatic imine (C=N–C) groups is 1. The molecule has 0 spiro atoms. The summed E-state index contributed by atoms with van der Waals surface area (Å²) in [7, 11) is 0. The number of carbonyl (C=O) groups is 1. The van der Waals surface area contributed by atoms with Crippen molar-refractivity contribution in [3.8, 4) is 5.75 Å². The number of thioether (sulfide) groups is 1. The molecule has 1 N–H and O–H groups in total. The van der Waals surface area contributed by atoms with Crippen LogP contribution in [0.1, 0.15) is 11.1 Å². The van der Waals surface area contributed by atoms with E-state index in [1.165, 1.54) is 22.5 Å². The van der Waals surface area contributed by atoms with Crippen LogP contribution in [0.15, 0.2) is 99.3 Å². The molecule has 1 aliphatic heterocycles. The van der Waals surface area contributed by atoms with Crippen molar-refractivity contribution in [3.05, 3.63) is 110 Å². The monoisotopic (exact) mass is 548 g/mol. The summed E-state index contributed by atoms with van der Waals surface area (Å²) in [4.78, 5) is 17.5. The van der Waals surface area contributed by atoms with E-state index in [4.69, 9.17) is 16.3 Å². The summed E-state index contributed by atoms with van der Waals surface area (Å²) >= 11 is 10.8. The van der Waals surface area contributed by atoms with Crippen LogP contribution in [-0.2, 0) is 11.4 Å². The molecule has 1 heterocycles. The molecule has 34 heavy (non-hydrogen) atoms. The van der Waals surface area contributed by atoms with E-state index in [9.17, 15) is 4.79 Å². The zero-order valence-corrected chi connectivity index (χ0v) is 21.0. The highest BCUT2D eigenvalue weighted by molar-refractivity contribution is 9.10. The highest BCUT2D eigenvalue weighted by atomic mass is 79.9. The summed E-state index contributed by atoms with van der Waals surface area (Å²) in [6.45, 7) is 0.461. The summed E-state index contributed by atoms with van der Waals surface area (Å²) in [5.74, 6) is 0.564. The number of amidine groups is 1. The van der Waals surface area contributed by atoms with Crippen LogP contribution in [0.4, 0.5) is 5.69 Å². The van der Waals surface area contributed by atoms with E-state index in [0.717, 1.165) is 27.0 Å². The molecule has 5 rings (SSSR count). The van der Waals surface area contributed by atoms with E-state index < -0.39 is 0 Å². The molecule has 0 aromatic heterocycles. The van der Waals surface area contributed by atoms with Crippen LogP contribution in [0.5, 0.6) is 5.75 Å². The van der Waals surface area contributed by atoms with Gasteiger partial charge in [-0.25, -0.2) is 4.99 Å². The molecule has 0 atom stereocenters. The molecule has 7 heteroatoms. The lowest BCUT2D eigenvalue weighted by Gasteiger charge is -2.11. The van der Waals surface area contributed by atoms with E-state index >= 15 is 0 Å². The number of ether oxygens (including phenoxy) is 1. The van der Waals surface area contributed by atoms with Gasteiger partial charge in [0.05, 0.1) is 15.1 Å². The zero-order valence-electron chi connectivity index (χ0n) is 17.8. The van der Waals surface area contributed by atoms with Gasteiger partial charge < -0.3 is 10.1 Å². The average Bonchev–Trinajstić information content (AvgIpc) is 3.18. The van der Waals surface area contributed by atoms with Gasteiger partial charge in [0.15, 0.2) is 5.17 Å². The molecule has 168 valence electrons. The molecule has 4 aromatic carbocycles. The van der Waals surface area contributed by atoms with Crippen molar-refractivity contribution in [2.75, 3.05) is 0 Å². The molecule has 0 radical (unpaired) electrons. The van der Waals surface area contributed by atoms with Crippen LogP contribution in [0.25, 0.3) is 16.8 Å². The molecule has 4 aromatic rings. The van der Waals surface area contributed by atoms with Crippen LogP contribution in [0.3, 0.4) is 0 Å². The largest absolute Gasteiger partial charge is 0.488 e. The molecule has 1 aliphatic rings. The normalized spacial score (nSPS) is 15.8. The second-order valence-electron chi connectivity index (χ2n) is 7.57. The minimum atomic E-state index is -0.176. The molecular formula is C27H18BrClN2O2S. The standard InChI is InChI=1S/C27H18BrClN2O2S/c28-23-14-17(15-25-26(32)31-27(34-25)30-21-11-9-20(29)10-12-21)8-13-24(23)33-16-19-6-3-5-18-4-1-2-7-22(18)19/h1-15H,16H2,(H,30,31,32)/b25-15+. The second kappa shape index (κ2) is 10.1. The first-order chi connectivity index (χ1) is 16.5. The van der Waals surface area contributed by atoms with E-state index in [0.29, 0.717) is 21.7 Å². The predicted octanol–water partition coefficient (Wildman–Crippen LogP) is 7.73. The maximum Gasteiger partial charge on any atom is 0.264 e. The number of hydrogen-bond acceptors (Lipinski definition) is 4. The molecular weight excluding hydrogens is 532 g/mol. The molecule has 0 bridgehead atoms. The van der Waals surface area contributed by atoms with E-state index in [2.05, 4.69) is 50.5 Å². The van der Waals surface area contributed by atoms with Crippen LogP contribution >= 0.6 is 39.3 Å². The number of rotatable bonds is 5. The summed E-state index contributed by atoms with van der Waals surface area (Å²) in [5, 5.41) is 6.35. The van der Waals surface area contributed by atoms with Crippen molar-refractivity contribution in [1.82, 2.24) is 5.32 Å². The number of nitrogens with one attached hydrogen (secondary N) is 1. The summed E-state index contributed by atoms with van der Waals surface area (Å²) in [6.07, 6.45) is 1.84. The molecule has 1 amide bonds. The van der Waals surface area contributed by atoms with Crippen molar-refractivity contribution in [3.63, 3.8) is 0 Å². The highest BCUT2D eigenvalue weighted by Gasteiger charge is 2.24. The summed E-state index contributed by atoms with van der Waals surface area (Å²) < 4.78 is 6.91. The fraction of sp³-hybridized carbons (Fsp3) is 0.0370. The quantitative estimate of drug-likeness (QED) is 0.259. The van der Waals surface area contributed by atoms with E-state index in [-0.39, 0.29) is 5.91 Å². The van der Waals surface area contributed by atoms with Crippen LogP contribution in [0.2, 0.25) is 5.02 Å². The third kappa shape index (κ3) is 5.20. The molecule has 0 aliphatic carbocycles. The van der Waals surface area contributed by atoms with Crippen molar-refractivity contribution < 1.29 is 9.53 Å². The van der Waals surface area contributed by atoms with Crippen molar-refractivity contribution >= 4 is 72.9 Å². The third-order valence-corrected chi connectivity index (χ3v) is 7.01. The lowest BCUT2D eigenvalue weighted by molar-refractivity contribution is -0.115. The molecule has 0 unspecified atom stereocenters. The Hall–Kier alpha value is -3.06. The second-order valence-corrected chi connectivity index (χ2v) is 9.90. The number of carbonyl (C=O) groups excluding carboxylic acids is 1. The molecule has 1 saturated heterocycles. The predicted molar refractivity (Wildman–Crippen MR) is 145 cm³/mol. The van der Waals surface area contributed by atoms with Gasteiger partial charge in [-0.2, -0.15) is 0 Å². The van der Waals surface area contributed by atoms with Crippen LogP contribution in [-0.4, -0.2) is 11.1 Å². The Labute approximate surface area is 214 Å². The summed E-state index contributed by atoms with van der Waals surface area (Å²) in [5.41, 5.74) is 2.74. The Bertz CT molecular complexity index is 1450. The molecule has 4 nitrogen and oxygen atoms in total. The first-order valence-corrected chi connectivity index (χ1v) is 12.5. The smallest absolute Gasteiger partial charge is 0.264 e. The Morgan fingerprint density at radius 3 is 2.62 bits per heavy atom. The van der Waals surface area contributed by atoms with Gasteiger partial charge in [-0.1, -0.05) is 60.1 Å². The van der Waals surface area contributed by atoms with Gasteiger partial charge in [-0.05, 0) is 92.1 Å². The number of halogens is 2.